The molecule has 3 unspecified atom stereocenters. The summed E-state index contributed by atoms with van der Waals surface area (Å²) in [5.41, 5.74) is -0.161. The number of amides is 5. The fraction of sp³-hybridized carbons (Fsp3) is 0.635. The van der Waals surface area contributed by atoms with Crippen molar-refractivity contribution in [3.8, 4) is 18.1 Å². The van der Waals surface area contributed by atoms with Crippen molar-refractivity contribution < 1.29 is 95.8 Å². The summed E-state index contributed by atoms with van der Waals surface area (Å²) >= 11 is 0. The van der Waals surface area contributed by atoms with Crippen molar-refractivity contribution in [3.05, 3.63) is 69.8 Å². The lowest BCUT2D eigenvalue weighted by Gasteiger charge is -2.43. The zero-order valence-corrected chi connectivity index (χ0v) is 54.2. The molecule has 27 heteroatoms. The number of likely N-dealkylation sites (tertiary alicyclic amines) is 1. The van der Waals surface area contributed by atoms with E-state index in [0.717, 1.165) is 44.9 Å². The molecule has 0 aromatic heterocycles. The lowest BCUT2D eigenvalue weighted by Crippen LogP contribution is -2.64. The Balaban J connectivity index is 1.56. The minimum absolute atomic E-state index is 0.0262. The van der Waals surface area contributed by atoms with Crippen LogP contribution in [0.1, 0.15) is 132 Å². The van der Waals surface area contributed by atoms with E-state index in [9.17, 15) is 58.4 Å². The molecular formula is C63H90N6O21. The van der Waals surface area contributed by atoms with Crippen LogP contribution in [0.15, 0.2) is 48.5 Å². The zero-order chi connectivity index (χ0) is 67.6. The van der Waals surface area contributed by atoms with E-state index in [0.29, 0.717) is 31.4 Å². The van der Waals surface area contributed by atoms with E-state index in [-0.39, 0.29) is 36.1 Å². The van der Waals surface area contributed by atoms with Gasteiger partial charge in [0.25, 0.3) is 0 Å². The van der Waals surface area contributed by atoms with Crippen LogP contribution in [0.4, 0.5) is 10.5 Å². The topological polar surface area (TPSA) is 334 Å². The van der Waals surface area contributed by atoms with Gasteiger partial charge in [0.05, 0.1) is 67.2 Å². The molecule has 90 heavy (non-hydrogen) atoms. The first-order chi connectivity index (χ1) is 42.4. The maximum absolute atomic E-state index is 14.9. The third kappa shape index (κ3) is 19.1. The Bertz CT molecular complexity index is 2870. The fourth-order valence-corrected chi connectivity index (χ4v) is 11.5. The van der Waals surface area contributed by atoms with Crippen molar-refractivity contribution in [1.82, 2.24) is 25.3 Å². The molecule has 2 heterocycles. The summed E-state index contributed by atoms with van der Waals surface area (Å²) in [6.45, 7) is 17.4. The summed E-state index contributed by atoms with van der Waals surface area (Å²) in [4.78, 5) is 138. The van der Waals surface area contributed by atoms with Crippen LogP contribution in [0, 0.1) is 46.1 Å². The van der Waals surface area contributed by atoms with Crippen LogP contribution < -0.4 is 15.4 Å². The van der Waals surface area contributed by atoms with Crippen molar-refractivity contribution >= 4 is 59.3 Å². The molecule has 2 fully saturated rings. The molecule has 498 valence electrons. The molecule has 0 bridgehead atoms. The summed E-state index contributed by atoms with van der Waals surface area (Å²) < 4.78 is 50.4. The van der Waals surface area contributed by atoms with Gasteiger partial charge in [-0.25, -0.2) is 9.59 Å². The normalized spacial score (nSPS) is 21.4. The minimum Gasteiger partial charge on any atom is -0.467 e. The molecule has 2 aromatic rings. The monoisotopic (exact) mass is 1270 g/mol. The maximum atomic E-state index is 14.9. The van der Waals surface area contributed by atoms with Crippen LogP contribution >= 0.6 is 0 Å². The van der Waals surface area contributed by atoms with Crippen LogP contribution in [0.2, 0.25) is 0 Å². The first kappa shape index (κ1) is 74.5. The number of esters is 4. The Morgan fingerprint density at radius 3 is 1.96 bits per heavy atom. The molecule has 0 saturated carbocycles. The van der Waals surface area contributed by atoms with Gasteiger partial charge in [0.2, 0.25) is 36.0 Å². The molecule has 0 aliphatic carbocycles. The fourth-order valence-electron chi connectivity index (χ4n) is 11.5. The Morgan fingerprint density at radius 1 is 0.811 bits per heavy atom. The van der Waals surface area contributed by atoms with E-state index < -0.39 is 161 Å². The molecule has 2 aliphatic rings. The predicted octanol–water partition coefficient (Wildman–Crippen LogP) is 5.12. The van der Waals surface area contributed by atoms with Crippen molar-refractivity contribution in [2.24, 2.45) is 23.7 Å². The number of carbonyl (C=O) groups is 9. The van der Waals surface area contributed by atoms with E-state index in [1.807, 2.05) is 19.9 Å². The summed E-state index contributed by atoms with van der Waals surface area (Å²) in [5, 5.41) is 29.5. The highest BCUT2D eigenvalue weighted by Crippen LogP contribution is 2.38. The highest BCUT2D eigenvalue weighted by atomic mass is 16.7. The van der Waals surface area contributed by atoms with Gasteiger partial charge in [-0.3, -0.25) is 48.6 Å². The number of methoxy groups -OCH3 is 3. The summed E-state index contributed by atoms with van der Waals surface area (Å²) in [6, 6.07) is 8.03. The molecule has 16 atom stereocenters. The van der Waals surface area contributed by atoms with Crippen molar-refractivity contribution in [1.29, 1.82) is 0 Å². The highest BCUT2D eigenvalue weighted by molar-refractivity contribution is 5.92. The molecule has 0 radical (unpaired) electrons. The van der Waals surface area contributed by atoms with Gasteiger partial charge in [-0.15, -0.1) is 12.3 Å². The number of hydrogen-bond donors (Lipinski definition) is 3. The molecule has 27 nitrogen and oxygen atoms in total. The summed E-state index contributed by atoms with van der Waals surface area (Å²) in [6.07, 6.45) is -7.14. The van der Waals surface area contributed by atoms with Gasteiger partial charge in [-0.2, -0.15) is 0 Å². The number of nitro benzene ring substituents is 1. The van der Waals surface area contributed by atoms with Crippen molar-refractivity contribution in [3.63, 3.8) is 0 Å². The standard InChI is InChI=1S/C63H90N6O21/c1-18-24-45(42-28-29-46(44(31-42)69(80)81)88-62-57(87-40(12)72)55(86-39(11)71)54(85-38(10)70)56(90-62)61(78)84-17)89-63(79)67(14)50(34(5)6)59(76)65-49(33(3)4)60(77)66(13)51(35(7)19-2)47(82-15)32-48(73)68-30-23-27-43(68)53(83-16)36(8)58(75)64-37(9)52(74)41-25-21-20-22-26-41/h1,20-22,25-26,28-29,31,33-37,43,45,47,49-57,62,74H,19,23-24,27,30,32H2,2-17H3,(H,64,75)(H,65,76)/t35-,36+,37+,43-,45?,47+,49-,50-,51-,52+,53+,54-,55-,56?,57?,62+/m0/s1. The minimum atomic E-state index is -1.96. The average Bonchev–Trinajstić information content (AvgIpc) is 0.881. The van der Waals surface area contributed by atoms with Crippen LogP contribution in [-0.2, 0) is 76.3 Å². The number of hydrogen-bond acceptors (Lipinski definition) is 21. The Morgan fingerprint density at radius 2 is 1.42 bits per heavy atom. The Kier molecular flexibility index (Phi) is 28.4. The second kappa shape index (κ2) is 34.3. The first-order valence-electron chi connectivity index (χ1n) is 29.9. The number of likely N-dealkylation sites (N-methyl/N-ethyl adjacent to an activating group) is 2. The van der Waals surface area contributed by atoms with E-state index in [4.69, 9.17) is 49.1 Å². The van der Waals surface area contributed by atoms with Crippen molar-refractivity contribution in [2.45, 2.75) is 194 Å². The third-order valence-corrected chi connectivity index (χ3v) is 16.3. The summed E-state index contributed by atoms with van der Waals surface area (Å²) in [7, 11) is 6.81. The van der Waals surface area contributed by atoms with Crippen LogP contribution in [-0.4, -0.2) is 193 Å². The smallest absolute Gasteiger partial charge is 0.410 e. The zero-order valence-electron chi connectivity index (χ0n) is 54.2. The number of aliphatic hydroxyl groups excluding tert-OH is 1. The van der Waals surface area contributed by atoms with Gasteiger partial charge in [-0.1, -0.05) is 91.3 Å². The third-order valence-electron chi connectivity index (χ3n) is 16.3. The summed E-state index contributed by atoms with van der Waals surface area (Å²) in [5.74, 6) is -6.18. The van der Waals surface area contributed by atoms with Crippen LogP contribution in [0.5, 0.6) is 5.75 Å². The number of nitrogens with zero attached hydrogens (tertiary/aromatic N) is 4. The Hall–Kier alpha value is -7.93. The number of carbonyl (C=O) groups excluding carboxylic acids is 9. The van der Waals surface area contributed by atoms with Crippen LogP contribution in [0.25, 0.3) is 0 Å². The second-order valence-corrected chi connectivity index (χ2v) is 23.3. The molecular weight excluding hydrogens is 1180 g/mol. The number of aliphatic hydroxyl groups is 1. The molecule has 4 rings (SSSR count). The quantitative estimate of drug-likeness (QED) is 0.0300. The number of ether oxygens (including phenoxy) is 9. The molecule has 3 N–H and O–H groups in total. The van der Waals surface area contributed by atoms with E-state index in [2.05, 4.69) is 16.6 Å². The van der Waals surface area contributed by atoms with E-state index in [1.54, 1.807) is 77.8 Å². The van der Waals surface area contributed by atoms with E-state index in [1.165, 1.54) is 32.2 Å². The van der Waals surface area contributed by atoms with E-state index >= 15 is 0 Å². The SMILES string of the molecule is C#CCC(OC(=O)N(C)[C@H](C(=O)N[C@H](C(=O)N(C)[C@@H]([C@@H](C)CC)[C@@H](CC(=O)N1CCC[C@H]1[C@H](OC)[C@@H](C)C(=O)N[C@H](C)[C@@H](O)c1ccccc1)OC)C(C)C)C(C)C)c1ccc(O[C@@H]2OC(C(=O)OC)[C@@H](OC(C)=O)[C@H](OC(C)=O)C2OC(C)=O)c([N+](=O)[O-])c1. The number of nitro groups is 1. The molecule has 2 aliphatic heterocycles. The molecule has 2 saturated heterocycles. The number of terminal acetylenes is 1. The second-order valence-electron chi connectivity index (χ2n) is 23.3. The van der Waals surface area contributed by atoms with Gasteiger partial charge < -0.3 is 68.2 Å². The van der Waals surface area contributed by atoms with Gasteiger partial charge in [0.1, 0.15) is 18.2 Å². The maximum Gasteiger partial charge on any atom is 0.410 e. The van der Waals surface area contributed by atoms with Crippen LogP contribution in [0.3, 0.4) is 0 Å². The number of nitrogens with one attached hydrogen (secondary N) is 2. The van der Waals surface area contributed by atoms with Crippen molar-refractivity contribution in [2.75, 3.05) is 42.0 Å². The number of rotatable bonds is 30. The average molecular weight is 1270 g/mol. The lowest BCUT2D eigenvalue weighted by molar-refractivity contribution is -0.387. The highest BCUT2D eigenvalue weighted by Gasteiger charge is 2.56. The predicted molar refractivity (Wildman–Crippen MR) is 322 cm³/mol. The lowest BCUT2D eigenvalue weighted by atomic mass is 9.89. The number of benzene rings is 2. The van der Waals surface area contributed by atoms with Gasteiger partial charge in [0, 0.05) is 67.3 Å². The largest absolute Gasteiger partial charge is 0.467 e. The van der Waals surface area contributed by atoms with Gasteiger partial charge in [-0.05, 0) is 49.1 Å². The molecule has 5 amide bonds. The molecule has 2 aromatic carbocycles. The molecule has 0 spiro atoms. The van der Waals surface area contributed by atoms with Gasteiger partial charge >= 0.3 is 35.7 Å². The van der Waals surface area contributed by atoms with Gasteiger partial charge in [0.15, 0.2) is 24.1 Å². The first-order valence-corrected chi connectivity index (χ1v) is 29.9. The Labute approximate surface area is 525 Å².